The lowest BCUT2D eigenvalue weighted by molar-refractivity contribution is -0.137. The van der Waals surface area contributed by atoms with Crippen LogP contribution in [0.25, 0.3) is 0 Å². The minimum absolute atomic E-state index is 0.0499. The number of phenols is 1. The maximum atomic E-state index is 13.9. The van der Waals surface area contributed by atoms with Crippen molar-refractivity contribution in [3.63, 3.8) is 0 Å². The maximum Gasteiger partial charge on any atom is 0.237 e. The number of aliphatic hydroxyl groups excluding tert-OH is 1. The smallest absolute Gasteiger partial charge is 0.237 e. The summed E-state index contributed by atoms with van der Waals surface area (Å²) >= 11 is 0. The van der Waals surface area contributed by atoms with Crippen LogP contribution in [0.15, 0.2) is 41.0 Å². The molecule has 60 heavy (non-hydrogen) atoms. The van der Waals surface area contributed by atoms with Crippen LogP contribution in [0.1, 0.15) is 105 Å². The van der Waals surface area contributed by atoms with Gasteiger partial charge in [0.2, 0.25) is 23.6 Å². The summed E-state index contributed by atoms with van der Waals surface area (Å²) in [5, 5.41) is 28.0. The van der Waals surface area contributed by atoms with Gasteiger partial charge in [-0.25, -0.2) is 0 Å². The summed E-state index contributed by atoms with van der Waals surface area (Å²) in [5.41, 5.74) is 12.8. The number of hydrogen-bond donors (Lipinski definition) is 7. The predicted octanol–water partition coefficient (Wildman–Crippen LogP) is 2.40. The molecule has 16 nitrogen and oxygen atoms in total. The quantitative estimate of drug-likeness (QED) is 0.0644. The molecule has 0 bridgehead atoms. The third kappa shape index (κ3) is 17.3. The summed E-state index contributed by atoms with van der Waals surface area (Å²) in [6.45, 7) is 11.2. The molecule has 7 unspecified atom stereocenters. The highest BCUT2D eigenvalue weighted by Crippen LogP contribution is 2.22. The van der Waals surface area contributed by atoms with Gasteiger partial charge in [0.05, 0.1) is 36.7 Å². The van der Waals surface area contributed by atoms with E-state index in [-0.39, 0.29) is 67.7 Å². The number of aliphatic imine (C=N–C) groups is 1. The highest BCUT2D eigenvalue weighted by atomic mass is 16.3. The van der Waals surface area contributed by atoms with Gasteiger partial charge in [0.15, 0.2) is 17.3 Å². The van der Waals surface area contributed by atoms with Crippen molar-refractivity contribution >= 4 is 53.0 Å². The van der Waals surface area contributed by atoms with Crippen molar-refractivity contribution in [2.24, 2.45) is 52.0 Å². The molecule has 0 fully saturated rings. The van der Waals surface area contributed by atoms with Crippen LogP contribution in [0.3, 0.4) is 0 Å². The molecule has 7 atom stereocenters. The highest BCUT2D eigenvalue weighted by molar-refractivity contribution is 5.97. The van der Waals surface area contributed by atoms with Gasteiger partial charge in [0, 0.05) is 62.3 Å². The number of primary amides is 1. The van der Waals surface area contributed by atoms with E-state index in [1.807, 2.05) is 13.8 Å². The van der Waals surface area contributed by atoms with Crippen molar-refractivity contribution in [2.45, 2.75) is 130 Å². The predicted molar refractivity (Wildman–Crippen MR) is 226 cm³/mol. The van der Waals surface area contributed by atoms with Gasteiger partial charge in [0.25, 0.3) is 0 Å². The number of ketones is 4. The minimum atomic E-state index is -1.30. The third-order valence-corrected chi connectivity index (χ3v) is 10.6. The molecule has 1 aliphatic heterocycles. The Morgan fingerprint density at radius 1 is 0.733 bits per heavy atom. The Morgan fingerprint density at radius 2 is 1.30 bits per heavy atom. The lowest BCUT2D eigenvalue weighted by Crippen LogP contribution is -2.52. The molecule has 0 saturated carbocycles. The van der Waals surface area contributed by atoms with Crippen molar-refractivity contribution in [3.8, 4) is 5.75 Å². The molecule has 332 valence electrons. The van der Waals surface area contributed by atoms with Crippen LogP contribution < -0.4 is 27.4 Å². The Kier molecular flexibility index (Phi) is 21.2. The molecule has 1 aliphatic rings. The first-order valence-electron chi connectivity index (χ1n) is 20.8. The first-order chi connectivity index (χ1) is 28.1. The average Bonchev–Trinajstić information content (AvgIpc) is 3.69. The SMILES string of the molecule is CC(=O)C(CC(=O)C(CC(C)C)NC(=O)C(CCC(N)=O)CC(=O)C(NC(=O)C(CO)CC(=O)C(CC1=CCC=N1)NC(=O)C(N)C(C)C)C(C)C)Cc1ccc(O)cc1. The van der Waals surface area contributed by atoms with Gasteiger partial charge in [-0.3, -0.25) is 43.3 Å². The second-order valence-electron chi connectivity index (χ2n) is 17.0. The zero-order valence-corrected chi connectivity index (χ0v) is 36.1. The number of nitrogens with zero attached hydrogens (tertiary/aromatic N) is 1. The number of aromatic hydroxyl groups is 1. The summed E-state index contributed by atoms with van der Waals surface area (Å²) in [6, 6.07) is 2.13. The normalized spacial score (nSPS) is 16.0. The van der Waals surface area contributed by atoms with Crippen LogP contribution in [0, 0.1) is 35.5 Å². The van der Waals surface area contributed by atoms with Gasteiger partial charge in [-0.05, 0) is 61.6 Å². The van der Waals surface area contributed by atoms with E-state index < -0.39 is 102 Å². The number of allylic oxidation sites excluding steroid dienone is 1. The Morgan fingerprint density at radius 3 is 1.82 bits per heavy atom. The molecule has 1 aromatic rings. The van der Waals surface area contributed by atoms with E-state index in [1.54, 1.807) is 52.1 Å². The Balaban J connectivity index is 2.25. The first-order valence-corrected chi connectivity index (χ1v) is 20.8. The van der Waals surface area contributed by atoms with Crippen molar-refractivity contribution in [1.29, 1.82) is 0 Å². The molecule has 0 spiro atoms. The van der Waals surface area contributed by atoms with Crippen LogP contribution in [-0.4, -0.2) is 94.0 Å². The van der Waals surface area contributed by atoms with Crippen molar-refractivity contribution < 1.29 is 48.6 Å². The van der Waals surface area contributed by atoms with Gasteiger partial charge >= 0.3 is 0 Å². The van der Waals surface area contributed by atoms with Crippen molar-refractivity contribution in [2.75, 3.05) is 6.61 Å². The number of phenolic OH excluding ortho intramolecular Hbond substituents is 1. The Labute approximate surface area is 353 Å². The zero-order chi connectivity index (χ0) is 45.3. The number of nitrogens with one attached hydrogen (secondary N) is 3. The second-order valence-corrected chi connectivity index (χ2v) is 17.0. The number of Topliss-reactive ketones (excluding diaryl/α,β-unsaturated/α-hetero) is 4. The Hall–Kier alpha value is -5.09. The molecular weight excluding hydrogens is 773 g/mol. The van der Waals surface area contributed by atoms with E-state index >= 15 is 0 Å². The van der Waals surface area contributed by atoms with Gasteiger partial charge in [-0.15, -0.1) is 0 Å². The number of carbonyl (C=O) groups excluding carboxylic acids is 8. The standard InChI is InChI=1S/C44H66N6O10/c1-24(2)17-34(36(54)20-30(27(7)52)18-28-10-13-33(53)14-11-28)48-42(58)29(12-15-39(45)57)19-38(56)41(26(5)6)50-43(59)31(23-51)21-37(55)35(22-32-9-8-16-47-32)49-44(60)40(46)25(3)4/h9-11,13-14,16,24-26,29-31,34-35,40-41,51,53H,8,12,15,17-23,46H2,1-7H3,(H2,45,57)(H,48,58)(H,49,60)(H,50,59). The van der Waals surface area contributed by atoms with Crippen molar-refractivity contribution in [1.82, 2.24) is 16.0 Å². The fourth-order valence-corrected chi connectivity index (χ4v) is 6.79. The lowest BCUT2D eigenvalue weighted by atomic mass is 9.86. The summed E-state index contributed by atoms with van der Waals surface area (Å²) in [6.07, 6.45) is 3.08. The van der Waals surface area contributed by atoms with E-state index in [1.165, 1.54) is 19.1 Å². The lowest BCUT2D eigenvalue weighted by Gasteiger charge is -2.27. The number of rotatable bonds is 28. The van der Waals surface area contributed by atoms with E-state index in [9.17, 15) is 48.6 Å². The highest BCUT2D eigenvalue weighted by Gasteiger charge is 2.35. The molecule has 0 saturated heterocycles. The fraction of sp³-hybridized carbons (Fsp3) is 0.614. The van der Waals surface area contributed by atoms with Gasteiger partial charge < -0.3 is 37.6 Å². The minimum Gasteiger partial charge on any atom is -0.508 e. The number of nitrogens with two attached hydrogens (primary N) is 2. The summed E-state index contributed by atoms with van der Waals surface area (Å²) < 4.78 is 0. The molecule has 2 rings (SSSR count). The molecular formula is C44H66N6O10. The van der Waals surface area contributed by atoms with Crippen LogP contribution in [-0.2, 0) is 44.8 Å². The summed E-state index contributed by atoms with van der Waals surface area (Å²) in [7, 11) is 0. The molecule has 9 N–H and O–H groups in total. The topological polar surface area (TPSA) is 278 Å². The maximum absolute atomic E-state index is 13.9. The van der Waals surface area contributed by atoms with E-state index in [4.69, 9.17) is 11.5 Å². The summed E-state index contributed by atoms with van der Waals surface area (Å²) in [4.78, 5) is 110. The first kappa shape index (κ1) is 51.1. The molecule has 0 aliphatic carbocycles. The molecule has 0 radical (unpaired) electrons. The van der Waals surface area contributed by atoms with Crippen LogP contribution in [0.5, 0.6) is 5.75 Å². The number of carbonyl (C=O) groups is 8. The summed E-state index contributed by atoms with van der Waals surface area (Å²) in [5.74, 6) is -8.31. The molecule has 0 aromatic heterocycles. The van der Waals surface area contributed by atoms with E-state index in [2.05, 4.69) is 20.9 Å². The monoisotopic (exact) mass is 838 g/mol. The molecule has 4 amide bonds. The van der Waals surface area contributed by atoms with Gasteiger partial charge in [-0.1, -0.05) is 59.8 Å². The number of hydrogen-bond acceptors (Lipinski definition) is 12. The van der Waals surface area contributed by atoms with Crippen LogP contribution in [0.4, 0.5) is 0 Å². The van der Waals surface area contributed by atoms with E-state index in [0.29, 0.717) is 12.1 Å². The molecule has 1 heterocycles. The number of amides is 4. The Bertz CT molecular complexity index is 1740. The van der Waals surface area contributed by atoms with Crippen LogP contribution in [0.2, 0.25) is 0 Å². The second kappa shape index (κ2) is 24.9. The number of aliphatic hydroxyl groups is 1. The van der Waals surface area contributed by atoms with Gasteiger partial charge in [-0.2, -0.15) is 0 Å². The van der Waals surface area contributed by atoms with Crippen LogP contribution >= 0.6 is 0 Å². The van der Waals surface area contributed by atoms with E-state index in [0.717, 1.165) is 5.56 Å². The van der Waals surface area contributed by atoms with Gasteiger partial charge in [0.1, 0.15) is 11.5 Å². The third-order valence-electron chi connectivity index (χ3n) is 10.6. The van der Waals surface area contributed by atoms with Crippen molar-refractivity contribution in [3.05, 3.63) is 41.6 Å². The number of benzene rings is 1. The fourth-order valence-electron chi connectivity index (χ4n) is 6.79. The molecule has 16 heteroatoms. The average molecular weight is 839 g/mol. The zero-order valence-electron chi connectivity index (χ0n) is 36.1. The molecule has 1 aromatic carbocycles. The largest absolute Gasteiger partial charge is 0.508 e.